The number of anilines is 3. The largest absolute Gasteiger partial charge is 0.338 e. The monoisotopic (exact) mass is 878 g/mol. The predicted octanol–water partition coefficient (Wildman–Crippen LogP) is 17.5. The van der Waals surface area contributed by atoms with Crippen LogP contribution < -0.4 is 9.80 Å². The van der Waals surface area contributed by atoms with Gasteiger partial charge in [-0.25, -0.2) is 0 Å². The molecule has 2 nitrogen and oxygen atoms in total. The zero-order valence-corrected chi connectivity index (χ0v) is 38.8. The summed E-state index contributed by atoms with van der Waals surface area (Å²) in [6, 6.07) is 60.1. The lowest BCUT2D eigenvalue weighted by atomic mass is 9.84. The number of hydrogen-bond donors (Lipinski definition) is 0. The first-order valence-corrected chi connectivity index (χ1v) is 24.7. The topological polar surface area (TPSA) is 6.48 Å². The molecule has 68 heavy (non-hydrogen) atoms. The lowest BCUT2D eigenvalue weighted by Gasteiger charge is -2.36. The molecule has 6 aromatic rings. The average Bonchev–Trinajstić information content (AvgIpc) is 3.43. The molecule has 0 heterocycles. The summed E-state index contributed by atoms with van der Waals surface area (Å²) in [6.07, 6.45) is 38.9. The Morgan fingerprint density at radius 2 is 1.00 bits per heavy atom. The second-order valence-corrected chi connectivity index (χ2v) is 18.5. The first kappa shape index (κ1) is 42.9. The number of hydrogen-bond acceptors (Lipinski definition) is 2. The molecule has 0 aliphatic heterocycles. The Hall–Kier alpha value is -7.68. The molecule has 2 unspecified atom stereocenters. The van der Waals surface area contributed by atoms with Crippen LogP contribution in [0.2, 0.25) is 0 Å². The number of benzene rings is 6. The number of allylic oxidation sites excluding steroid dienone is 18. The van der Waals surface area contributed by atoms with Gasteiger partial charge < -0.3 is 9.80 Å². The molecular formula is C66H58N2. The van der Waals surface area contributed by atoms with E-state index in [1.165, 1.54) is 89.7 Å². The SMILES string of the molecule is C1=CCCC(C2=CC=C(N(c3ccc(C4=CCC(c5ccc(N(C6=CC=C(c7ccccc7)CC6)c6ccccc6)cc5-c5ccccc5)C=C4)cc3)C3C=CC(c4ccccc4)=CC3)CC2)=C1. The Bertz CT molecular complexity index is 3080. The summed E-state index contributed by atoms with van der Waals surface area (Å²) in [5.74, 6) is 0.261. The molecule has 6 aromatic carbocycles. The van der Waals surface area contributed by atoms with E-state index in [1.54, 1.807) is 0 Å². The third-order valence-electron chi connectivity index (χ3n) is 14.3. The van der Waals surface area contributed by atoms with Gasteiger partial charge in [-0.1, -0.05) is 194 Å². The molecule has 0 aromatic heterocycles. The Labute approximate surface area is 403 Å². The van der Waals surface area contributed by atoms with E-state index in [-0.39, 0.29) is 12.0 Å². The third-order valence-corrected chi connectivity index (χ3v) is 14.3. The van der Waals surface area contributed by atoms with Crippen molar-refractivity contribution in [3.05, 3.63) is 288 Å². The summed E-state index contributed by atoms with van der Waals surface area (Å²) in [5, 5.41) is 0. The third kappa shape index (κ3) is 9.33. The van der Waals surface area contributed by atoms with Crippen LogP contribution in [0.3, 0.4) is 0 Å². The Balaban J connectivity index is 0.862. The maximum absolute atomic E-state index is 2.60. The van der Waals surface area contributed by atoms with Crippen LogP contribution in [0.25, 0.3) is 27.8 Å². The second kappa shape index (κ2) is 20.0. The molecule has 2 heteroatoms. The van der Waals surface area contributed by atoms with Crippen LogP contribution in [0.1, 0.15) is 79.5 Å². The van der Waals surface area contributed by atoms with Gasteiger partial charge in [0.05, 0.1) is 6.04 Å². The fourth-order valence-electron chi connectivity index (χ4n) is 10.7. The van der Waals surface area contributed by atoms with E-state index in [9.17, 15) is 0 Å². The summed E-state index contributed by atoms with van der Waals surface area (Å²) in [5.41, 5.74) is 21.0. The fraction of sp³-hybridized carbons (Fsp3) is 0.152. The maximum atomic E-state index is 2.60. The molecule has 5 aliphatic carbocycles. The molecule has 0 bridgehead atoms. The van der Waals surface area contributed by atoms with Crippen molar-refractivity contribution < 1.29 is 0 Å². The van der Waals surface area contributed by atoms with Gasteiger partial charge in [0.2, 0.25) is 0 Å². The van der Waals surface area contributed by atoms with E-state index < -0.39 is 0 Å². The van der Waals surface area contributed by atoms with Crippen molar-refractivity contribution in [1.82, 2.24) is 0 Å². The van der Waals surface area contributed by atoms with Gasteiger partial charge in [0.1, 0.15) is 0 Å². The minimum Gasteiger partial charge on any atom is -0.338 e. The minimum absolute atomic E-state index is 0.245. The first-order valence-electron chi connectivity index (χ1n) is 24.7. The van der Waals surface area contributed by atoms with Crippen LogP contribution in [-0.4, -0.2) is 6.04 Å². The molecule has 5 aliphatic rings. The molecule has 332 valence electrons. The lowest BCUT2D eigenvalue weighted by molar-refractivity contribution is 0.714. The van der Waals surface area contributed by atoms with Crippen LogP contribution in [0.4, 0.5) is 17.1 Å². The molecule has 0 saturated heterocycles. The fourth-order valence-corrected chi connectivity index (χ4v) is 10.7. The van der Waals surface area contributed by atoms with E-state index >= 15 is 0 Å². The molecular weight excluding hydrogens is 821 g/mol. The Morgan fingerprint density at radius 3 is 1.62 bits per heavy atom. The average molecular weight is 879 g/mol. The van der Waals surface area contributed by atoms with Gasteiger partial charge in [0.15, 0.2) is 0 Å². The standard InChI is InChI=1S/C66H58N2/c1-6-16-49(17-7-1)53-30-38-60(39-31-53)67(61-40-32-54(33-41-61)50-18-8-2-9-19-50)62-42-36-56(37-43-62)52-26-28-58(29-27-52)65-47-46-64(48-66(65)57-22-12-4-13-23-57)68(59-24-14-5-15-25-59)63-44-34-55(35-45-63)51-20-10-3-11-21-51/h1-8,10-18,20-28,30-32,34,36-38,40,42-44,46-48,58,60H,9,19,29,33,35,39,41,45H2. The van der Waals surface area contributed by atoms with Crippen LogP contribution >= 0.6 is 0 Å². The molecule has 0 N–H and O–H groups in total. The van der Waals surface area contributed by atoms with Gasteiger partial charge in [-0.2, -0.15) is 0 Å². The van der Waals surface area contributed by atoms with Gasteiger partial charge in [-0.15, -0.1) is 0 Å². The number of para-hydroxylation sites is 1. The molecule has 0 saturated carbocycles. The summed E-state index contributed by atoms with van der Waals surface area (Å²) < 4.78 is 0. The highest BCUT2D eigenvalue weighted by atomic mass is 15.2. The summed E-state index contributed by atoms with van der Waals surface area (Å²) in [7, 11) is 0. The molecule has 0 amide bonds. The van der Waals surface area contributed by atoms with Gasteiger partial charge >= 0.3 is 0 Å². The lowest BCUT2D eigenvalue weighted by Crippen LogP contribution is -2.34. The Morgan fingerprint density at radius 1 is 0.412 bits per heavy atom. The van der Waals surface area contributed by atoms with Crippen LogP contribution in [0, 0.1) is 0 Å². The smallest absolute Gasteiger partial charge is 0.0557 e. The van der Waals surface area contributed by atoms with E-state index in [4.69, 9.17) is 0 Å². The minimum atomic E-state index is 0.245. The molecule has 0 radical (unpaired) electrons. The summed E-state index contributed by atoms with van der Waals surface area (Å²) >= 11 is 0. The first-order chi connectivity index (χ1) is 33.7. The van der Waals surface area contributed by atoms with Crippen LogP contribution in [-0.2, 0) is 0 Å². The quantitative estimate of drug-likeness (QED) is 0.121. The van der Waals surface area contributed by atoms with Crippen molar-refractivity contribution >= 4 is 33.8 Å². The number of rotatable bonds is 12. The van der Waals surface area contributed by atoms with Gasteiger partial charge in [-0.3, -0.25) is 0 Å². The van der Waals surface area contributed by atoms with Crippen molar-refractivity contribution in [3.8, 4) is 11.1 Å². The molecule has 11 rings (SSSR count). The normalized spacial score (nSPS) is 18.9. The maximum Gasteiger partial charge on any atom is 0.0557 e. The van der Waals surface area contributed by atoms with Gasteiger partial charge in [0.25, 0.3) is 0 Å². The summed E-state index contributed by atoms with van der Waals surface area (Å²) in [6.45, 7) is 0. The van der Waals surface area contributed by atoms with Crippen molar-refractivity contribution in [2.75, 3.05) is 9.80 Å². The Kier molecular flexibility index (Phi) is 12.7. The van der Waals surface area contributed by atoms with Gasteiger partial charge in [0, 0.05) is 34.4 Å². The van der Waals surface area contributed by atoms with Crippen molar-refractivity contribution in [2.45, 2.75) is 63.3 Å². The van der Waals surface area contributed by atoms with E-state index in [0.29, 0.717) is 0 Å². The van der Waals surface area contributed by atoms with Crippen LogP contribution in [0.5, 0.6) is 0 Å². The highest BCUT2D eigenvalue weighted by molar-refractivity contribution is 5.82. The van der Waals surface area contributed by atoms with E-state index in [2.05, 4.69) is 253 Å². The predicted molar refractivity (Wildman–Crippen MR) is 289 cm³/mol. The molecule has 0 fully saturated rings. The van der Waals surface area contributed by atoms with Gasteiger partial charge in [-0.05, 0) is 161 Å². The molecule has 2 atom stereocenters. The van der Waals surface area contributed by atoms with E-state index in [0.717, 1.165) is 51.4 Å². The molecule has 0 spiro atoms. The zero-order chi connectivity index (χ0) is 45.5. The van der Waals surface area contributed by atoms with E-state index in [1.807, 2.05) is 0 Å². The van der Waals surface area contributed by atoms with Crippen molar-refractivity contribution in [3.63, 3.8) is 0 Å². The zero-order valence-electron chi connectivity index (χ0n) is 38.8. The second-order valence-electron chi connectivity index (χ2n) is 18.5. The van der Waals surface area contributed by atoms with Crippen molar-refractivity contribution in [1.29, 1.82) is 0 Å². The number of nitrogens with zero attached hydrogens (tertiary/aromatic N) is 2. The summed E-state index contributed by atoms with van der Waals surface area (Å²) in [4.78, 5) is 5.06. The highest BCUT2D eigenvalue weighted by Crippen LogP contribution is 2.43. The highest BCUT2D eigenvalue weighted by Gasteiger charge is 2.26. The van der Waals surface area contributed by atoms with Crippen LogP contribution in [0.15, 0.2) is 265 Å². The van der Waals surface area contributed by atoms with Crippen molar-refractivity contribution in [2.24, 2.45) is 0 Å².